The Morgan fingerprint density at radius 1 is 1.17 bits per heavy atom. The van der Waals surface area contributed by atoms with Gasteiger partial charge in [-0.2, -0.15) is 0 Å². The van der Waals surface area contributed by atoms with Crippen LogP contribution < -0.4 is 5.32 Å². The molecule has 0 aliphatic heterocycles. The lowest BCUT2D eigenvalue weighted by molar-refractivity contribution is 0.627. The van der Waals surface area contributed by atoms with E-state index in [4.69, 9.17) is 0 Å². The molecule has 0 saturated carbocycles. The van der Waals surface area contributed by atoms with E-state index in [2.05, 4.69) is 50.5 Å². The molecule has 0 atom stereocenters. The molecule has 3 aromatic rings. The maximum Gasteiger partial charge on any atom is 0.123 e. The molecule has 24 heavy (non-hydrogen) atoms. The van der Waals surface area contributed by atoms with Crippen molar-refractivity contribution in [1.29, 1.82) is 0 Å². The van der Waals surface area contributed by atoms with Crippen molar-refractivity contribution >= 4 is 39.3 Å². The number of fused-ring (bicyclic) bond motifs is 1. The fourth-order valence-electron chi connectivity index (χ4n) is 2.50. The Labute approximate surface area is 154 Å². The first-order valence-electron chi connectivity index (χ1n) is 7.59. The molecular formula is C19H17FIN3. The molecule has 5 heteroatoms. The Bertz CT molecular complexity index is 891. The number of hydrogen-bond acceptors (Lipinski definition) is 3. The van der Waals surface area contributed by atoms with Crippen molar-refractivity contribution in [3.8, 4) is 0 Å². The van der Waals surface area contributed by atoms with Crippen molar-refractivity contribution in [2.45, 2.75) is 13.3 Å². The Kier molecular flexibility index (Phi) is 5.08. The van der Waals surface area contributed by atoms with Crippen LogP contribution in [-0.4, -0.2) is 16.5 Å². The Morgan fingerprint density at radius 2 is 1.83 bits per heavy atom. The molecule has 1 aromatic heterocycles. The predicted octanol–water partition coefficient (Wildman–Crippen LogP) is 4.95. The Hall–Kier alpha value is -2.02. The Morgan fingerprint density at radius 3 is 2.50 bits per heavy atom. The summed E-state index contributed by atoms with van der Waals surface area (Å²) in [5, 5.41) is 3.40. The van der Waals surface area contributed by atoms with E-state index < -0.39 is 0 Å². The van der Waals surface area contributed by atoms with Crippen LogP contribution in [0, 0.1) is 9.39 Å². The first-order valence-corrected chi connectivity index (χ1v) is 8.67. The number of rotatable bonds is 5. The number of nitrogens with one attached hydrogen (secondary N) is 1. The zero-order chi connectivity index (χ0) is 17.1. The Balaban J connectivity index is 2.06. The standard InChI is InChI=1S/C19H17FIN3/c1-12(2)11-24-16-10-14(9-13-3-5-15(20)6-4-13)18-19(17(16)21)23-8-7-22-18/h3-8,10,24H,1,9,11H2,2H3. The molecule has 0 fully saturated rings. The molecule has 122 valence electrons. The third-order valence-electron chi connectivity index (χ3n) is 3.65. The highest BCUT2D eigenvalue weighted by Crippen LogP contribution is 2.30. The number of anilines is 1. The zero-order valence-electron chi connectivity index (χ0n) is 13.3. The lowest BCUT2D eigenvalue weighted by Crippen LogP contribution is -2.06. The van der Waals surface area contributed by atoms with Crippen molar-refractivity contribution < 1.29 is 4.39 Å². The van der Waals surface area contributed by atoms with Gasteiger partial charge in [0.25, 0.3) is 0 Å². The van der Waals surface area contributed by atoms with Crippen molar-refractivity contribution in [3.05, 3.63) is 75.4 Å². The number of halogens is 2. The third kappa shape index (κ3) is 3.72. The van der Waals surface area contributed by atoms with Crippen molar-refractivity contribution in [3.63, 3.8) is 0 Å². The van der Waals surface area contributed by atoms with E-state index >= 15 is 0 Å². The van der Waals surface area contributed by atoms with Gasteiger partial charge in [0.1, 0.15) is 11.3 Å². The van der Waals surface area contributed by atoms with E-state index in [1.165, 1.54) is 12.1 Å². The minimum Gasteiger partial charge on any atom is -0.380 e. The molecule has 1 N–H and O–H groups in total. The molecule has 0 aliphatic rings. The largest absolute Gasteiger partial charge is 0.380 e. The predicted molar refractivity (Wildman–Crippen MR) is 105 cm³/mol. The fraction of sp³-hybridized carbons (Fsp3) is 0.158. The molecule has 2 aromatic carbocycles. The molecule has 3 rings (SSSR count). The maximum atomic E-state index is 13.1. The van der Waals surface area contributed by atoms with Gasteiger partial charge in [0, 0.05) is 18.9 Å². The SMILES string of the molecule is C=C(C)CNc1cc(Cc2ccc(F)cc2)c2nccnc2c1I. The summed E-state index contributed by atoms with van der Waals surface area (Å²) in [5.41, 5.74) is 5.94. The lowest BCUT2D eigenvalue weighted by atomic mass is 10.0. The normalized spacial score (nSPS) is 10.8. The van der Waals surface area contributed by atoms with E-state index in [0.29, 0.717) is 13.0 Å². The maximum absolute atomic E-state index is 13.1. The smallest absolute Gasteiger partial charge is 0.123 e. The summed E-state index contributed by atoms with van der Waals surface area (Å²) in [5.74, 6) is -0.227. The van der Waals surface area contributed by atoms with Gasteiger partial charge in [0.2, 0.25) is 0 Å². The highest BCUT2D eigenvalue weighted by Gasteiger charge is 2.13. The molecule has 0 radical (unpaired) electrons. The summed E-state index contributed by atoms with van der Waals surface area (Å²) in [6, 6.07) is 8.67. The van der Waals surface area contributed by atoms with Crippen LogP contribution in [0.25, 0.3) is 11.0 Å². The summed E-state index contributed by atoms with van der Waals surface area (Å²) in [6.45, 7) is 6.62. The average Bonchev–Trinajstić information content (AvgIpc) is 2.58. The van der Waals surface area contributed by atoms with Gasteiger partial charge in [-0.15, -0.1) is 0 Å². The van der Waals surface area contributed by atoms with Crippen LogP contribution in [0.5, 0.6) is 0 Å². The summed E-state index contributed by atoms with van der Waals surface area (Å²) in [7, 11) is 0. The number of nitrogens with zero attached hydrogens (tertiary/aromatic N) is 2. The van der Waals surface area contributed by atoms with Gasteiger partial charge < -0.3 is 5.32 Å². The van der Waals surface area contributed by atoms with E-state index in [-0.39, 0.29) is 5.82 Å². The second kappa shape index (κ2) is 7.25. The molecule has 0 saturated heterocycles. The van der Waals surface area contributed by atoms with E-state index in [9.17, 15) is 4.39 Å². The van der Waals surface area contributed by atoms with Crippen LogP contribution in [0.3, 0.4) is 0 Å². The minimum absolute atomic E-state index is 0.227. The quantitative estimate of drug-likeness (QED) is 0.457. The van der Waals surface area contributed by atoms with Gasteiger partial charge in [-0.05, 0) is 65.3 Å². The summed E-state index contributed by atoms with van der Waals surface area (Å²) in [6.07, 6.45) is 4.08. The first-order chi connectivity index (χ1) is 11.5. The van der Waals surface area contributed by atoms with Crippen LogP contribution in [0.4, 0.5) is 10.1 Å². The van der Waals surface area contributed by atoms with Gasteiger partial charge in [0.05, 0.1) is 14.8 Å². The molecule has 3 nitrogen and oxygen atoms in total. The van der Waals surface area contributed by atoms with Gasteiger partial charge in [0.15, 0.2) is 0 Å². The molecule has 0 amide bonds. The monoisotopic (exact) mass is 433 g/mol. The first kappa shape index (κ1) is 16.8. The summed E-state index contributed by atoms with van der Waals surface area (Å²) >= 11 is 2.29. The molecule has 0 unspecified atom stereocenters. The van der Waals surface area contributed by atoms with Crippen LogP contribution in [0.1, 0.15) is 18.1 Å². The lowest BCUT2D eigenvalue weighted by Gasteiger charge is -2.14. The molecule has 0 spiro atoms. The molecular weight excluding hydrogens is 416 g/mol. The number of benzene rings is 2. The highest BCUT2D eigenvalue weighted by molar-refractivity contribution is 14.1. The third-order valence-corrected chi connectivity index (χ3v) is 4.75. The van der Waals surface area contributed by atoms with Gasteiger partial charge in [-0.3, -0.25) is 9.97 Å². The fourth-order valence-corrected chi connectivity index (χ4v) is 3.24. The van der Waals surface area contributed by atoms with Gasteiger partial charge in [-0.1, -0.05) is 24.3 Å². The second-order valence-electron chi connectivity index (χ2n) is 5.76. The van der Waals surface area contributed by atoms with E-state index in [0.717, 1.165) is 37.0 Å². The van der Waals surface area contributed by atoms with Crippen LogP contribution in [-0.2, 0) is 6.42 Å². The van der Waals surface area contributed by atoms with Crippen LogP contribution >= 0.6 is 22.6 Å². The zero-order valence-corrected chi connectivity index (χ0v) is 15.5. The van der Waals surface area contributed by atoms with E-state index in [1.807, 2.05) is 6.92 Å². The topological polar surface area (TPSA) is 37.8 Å². The van der Waals surface area contributed by atoms with Crippen molar-refractivity contribution in [1.82, 2.24) is 9.97 Å². The second-order valence-corrected chi connectivity index (χ2v) is 6.84. The van der Waals surface area contributed by atoms with Crippen molar-refractivity contribution in [2.75, 3.05) is 11.9 Å². The highest BCUT2D eigenvalue weighted by atomic mass is 127. The van der Waals surface area contributed by atoms with Gasteiger partial charge in [-0.25, -0.2) is 4.39 Å². The van der Waals surface area contributed by atoms with E-state index in [1.54, 1.807) is 24.5 Å². The molecule has 0 aliphatic carbocycles. The number of hydrogen-bond donors (Lipinski definition) is 1. The summed E-state index contributed by atoms with van der Waals surface area (Å²) < 4.78 is 14.2. The average molecular weight is 433 g/mol. The van der Waals surface area contributed by atoms with Crippen LogP contribution in [0.15, 0.2) is 54.9 Å². The number of aromatic nitrogens is 2. The van der Waals surface area contributed by atoms with Gasteiger partial charge >= 0.3 is 0 Å². The van der Waals surface area contributed by atoms with Crippen LogP contribution in [0.2, 0.25) is 0 Å². The molecule has 0 bridgehead atoms. The summed E-state index contributed by atoms with van der Waals surface area (Å²) in [4.78, 5) is 9.00. The minimum atomic E-state index is -0.227. The molecule has 1 heterocycles. The van der Waals surface area contributed by atoms with Crippen molar-refractivity contribution in [2.24, 2.45) is 0 Å².